The maximum atomic E-state index is 13.2. The van der Waals surface area contributed by atoms with Gasteiger partial charge in [0.15, 0.2) is 0 Å². The van der Waals surface area contributed by atoms with Gasteiger partial charge in [0.25, 0.3) is 0 Å². The van der Waals surface area contributed by atoms with Gasteiger partial charge in [-0.05, 0) is 50.7 Å². The van der Waals surface area contributed by atoms with Gasteiger partial charge in [0.2, 0.25) is 0 Å². The van der Waals surface area contributed by atoms with Crippen LogP contribution in [0.4, 0.5) is 4.39 Å². The van der Waals surface area contributed by atoms with E-state index >= 15 is 0 Å². The van der Waals surface area contributed by atoms with Crippen LogP contribution in [0.15, 0.2) is 18.2 Å². The third-order valence-corrected chi connectivity index (χ3v) is 5.12. The zero-order valence-electron chi connectivity index (χ0n) is 14.9. The second-order valence-electron chi connectivity index (χ2n) is 7.20. The largest absolute Gasteiger partial charge is 0.396 e. The molecule has 1 aromatic carbocycles. The lowest BCUT2D eigenvalue weighted by molar-refractivity contribution is 0.171. The SMILES string of the molecule is CN(C)CCN(C)C[C@@H]1CN(Cc2ccc(F)cc2Cl)C[C@@H]1CO. The molecule has 2 rings (SSSR count). The molecule has 1 heterocycles. The lowest BCUT2D eigenvalue weighted by Crippen LogP contribution is -2.35. The topological polar surface area (TPSA) is 30.0 Å². The van der Waals surface area contributed by atoms with Crippen LogP contribution in [0.5, 0.6) is 0 Å². The molecule has 0 saturated carbocycles. The minimum absolute atomic E-state index is 0.208. The third-order valence-electron chi connectivity index (χ3n) is 4.77. The van der Waals surface area contributed by atoms with Crippen molar-refractivity contribution in [2.24, 2.45) is 11.8 Å². The summed E-state index contributed by atoms with van der Waals surface area (Å²) in [5.41, 5.74) is 0.941. The van der Waals surface area contributed by atoms with Crippen LogP contribution in [0.25, 0.3) is 0 Å². The zero-order valence-corrected chi connectivity index (χ0v) is 15.6. The molecule has 0 spiro atoms. The molecule has 1 N–H and O–H groups in total. The van der Waals surface area contributed by atoms with Crippen molar-refractivity contribution in [1.82, 2.24) is 14.7 Å². The first-order chi connectivity index (χ1) is 11.4. The molecule has 1 aliphatic rings. The van der Waals surface area contributed by atoms with Gasteiger partial charge in [-0.1, -0.05) is 17.7 Å². The fourth-order valence-corrected chi connectivity index (χ4v) is 3.56. The van der Waals surface area contributed by atoms with Crippen LogP contribution < -0.4 is 0 Å². The van der Waals surface area contributed by atoms with Crippen molar-refractivity contribution in [3.05, 3.63) is 34.6 Å². The first kappa shape index (κ1) is 19.6. The fourth-order valence-electron chi connectivity index (χ4n) is 3.33. The van der Waals surface area contributed by atoms with Crippen LogP contribution in [-0.4, -0.2) is 80.3 Å². The highest BCUT2D eigenvalue weighted by Gasteiger charge is 2.33. The van der Waals surface area contributed by atoms with E-state index in [9.17, 15) is 9.50 Å². The van der Waals surface area contributed by atoms with Gasteiger partial charge in [0.1, 0.15) is 5.82 Å². The second kappa shape index (κ2) is 9.11. The van der Waals surface area contributed by atoms with Gasteiger partial charge in [-0.15, -0.1) is 0 Å². The Labute approximate surface area is 149 Å². The number of aliphatic hydroxyl groups is 1. The Morgan fingerprint density at radius 1 is 1.21 bits per heavy atom. The summed E-state index contributed by atoms with van der Waals surface area (Å²) in [4.78, 5) is 6.82. The highest BCUT2D eigenvalue weighted by molar-refractivity contribution is 6.31. The molecule has 0 bridgehead atoms. The minimum atomic E-state index is -0.307. The molecule has 2 atom stereocenters. The lowest BCUT2D eigenvalue weighted by atomic mass is 9.96. The Bertz CT molecular complexity index is 529. The maximum absolute atomic E-state index is 13.2. The van der Waals surface area contributed by atoms with Crippen LogP contribution in [0.3, 0.4) is 0 Å². The van der Waals surface area contributed by atoms with Gasteiger partial charge in [-0.2, -0.15) is 0 Å². The summed E-state index contributed by atoms with van der Waals surface area (Å²) in [6, 6.07) is 4.57. The van der Waals surface area contributed by atoms with Crippen molar-refractivity contribution in [3.8, 4) is 0 Å². The molecule has 1 aromatic rings. The van der Waals surface area contributed by atoms with Crippen LogP contribution in [0, 0.1) is 17.7 Å². The third kappa shape index (κ3) is 5.67. The quantitative estimate of drug-likeness (QED) is 0.771. The molecular formula is C18H29ClFN3O. The molecule has 4 nitrogen and oxygen atoms in total. The number of likely N-dealkylation sites (tertiary alicyclic amines) is 1. The molecule has 136 valence electrons. The summed E-state index contributed by atoms with van der Waals surface area (Å²) in [7, 11) is 6.29. The number of halogens is 2. The van der Waals surface area contributed by atoms with Gasteiger partial charge in [-0.25, -0.2) is 4.39 Å². The van der Waals surface area contributed by atoms with Crippen molar-refractivity contribution in [2.75, 3.05) is 60.5 Å². The molecular weight excluding hydrogens is 329 g/mol. The van der Waals surface area contributed by atoms with E-state index in [2.05, 4.69) is 35.8 Å². The number of hydrogen-bond donors (Lipinski definition) is 1. The van der Waals surface area contributed by atoms with E-state index in [-0.39, 0.29) is 18.3 Å². The molecule has 0 aliphatic carbocycles. The van der Waals surface area contributed by atoms with Crippen LogP contribution >= 0.6 is 11.6 Å². The Hall–Kier alpha value is -0.720. The number of nitrogens with zero attached hydrogens (tertiary/aromatic N) is 3. The molecule has 6 heteroatoms. The molecule has 1 aliphatic heterocycles. The lowest BCUT2D eigenvalue weighted by Gasteiger charge is -2.25. The number of benzene rings is 1. The average Bonchev–Trinajstić information content (AvgIpc) is 2.89. The first-order valence-electron chi connectivity index (χ1n) is 8.49. The number of rotatable bonds is 8. The molecule has 0 radical (unpaired) electrons. The van der Waals surface area contributed by atoms with Gasteiger partial charge in [0.05, 0.1) is 0 Å². The summed E-state index contributed by atoms with van der Waals surface area (Å²) < 4.78 is 13.2. The zero-order chi connectivity index (χ0) is 17.7. The van der Waals surface area contributed by atoms with Crippen LogP contribution in [-0.2, 0) is 6.54 Å². The monoisotopic (exact) mass is 357 g/mol. The number of hydrogen-bond acceptors (Lipinski definition) is 4. The first-order valence-corrected chi connectivity index (χ1v) is 8.87. The van der Waals surface area contributed by atoms with E-state index in [1.807, 2.05) is 0 Å². The summed E-state index contributed by atoms with van der Waals surface area (Å²) in [5.74, 6) is 0.422. The average molecular weight is 358 g/mol. The van der Waals surface area contributed by atoms with E-state index in [0.717, 1.165) is 38.3 Å². The van der Waals surface area contributed by atoms with Crippen LogP contribution in [0.2, 0.25) is 5.02 Å². The van der Waals surface area contributed by atoms with Gasteiger partial charge < -0.3 is 14.9 Å². The Morgan fingerprint density at radius 3 is 2.54 bits per heavy atom. The van der Waals surface area contributed by atoms with Crippen molar-refractivity contribution >= 4 is 11.6 Å². The predicted molar refractivity (Wildman–Crippen MR) is 96.8 cm³/mol. The molecule has 0 unspecified atom stereocenters. The summed E-state index contributed by atoms with van der Waals surface area (Å²) in [6.07, 6.45) is 0. The van der Waals surface area contributed by atoms with Gasteiger partial charge in [-0.3, -0.25) is 4.90 Å². The highest BCUT2D eigenvalue weighted by atomic mass is 35.5. The van der Waals surface area contributed by atoms with E-state index in [4.69, 9.17) is 11.6 Å². The molecule has 1 fully saturated rings. The van der Waals surface area contributed by atoms with Gasteiger partial charge in [0, 0.05) is 50.9 Å². The van der Waals surface area contributed by atoms with Crippen LogP contribution in [0.1, 0.15) is 5.56 Å². The Balaban J connectivity index is 1.91. The maximum Gasteiger partial charge on any atom is 0.124 e. The van der Waals surface area contributed by atoms with Crippen molar-refractivity contribution in [2.45, 2.75) is 6.54 Å². The Morgan fingerprint density at radius 2 is 1.92 bits per heavy atom. The molecule has 0 amide bonds. The fraction of sp³-hybridized carbons (Fsp3) is 0.667. The second-order valence-corrected chi connectivity index (χ2v) is 7.61. The predicted octanol–water partition coefficient (Wildman–Crippen LogP) is 2.01. The molecule has 24 heavy (non-hydrogen) atoms. The number of likely N-dealkylation sites (N-methyl/N-ethyl adjacent to an activating group) is 2. The van der Waals surface area contributed by atoms with E-state index in [1.165, 1.54) is 12.1 Å². The summed E-state index contributed by atoms with van der Waals surface area (Å²) >= 11 is 6.14. The standard InChI is InChI=1S/C18H29ClFN3O/c1-21(2)6-7-22(3)9-15-11-23(12-16(15)13-24)10-14-4-5-17(20)8-18(14)19/h4-5,8,15-16,24H,6-7,9-13H2,1-3H3/t15-,16-/m1/s1. The van der Waals surface area contributed by atoms with Crippen molar-refractivity contribution < 1.29 is 9.50 Å². The summed E-state index contributed by atoms with van der Waals surface area (Å²) in [5, 5.41) is 10.2. The van der Waals surface area contributed by atoms with Gasteiger partial charge >= 0.3 is 0 Å². The van der Waals surface area contributed by atoms with Crippen molar-refractivity contribution in [3.63, 3.8) is 0 Å². The minimum Gasteiger partial charge on any atom is -0.396 e. The van der Waals surface area contributed by atoms with E-state index < -0.39 is 0 Å². The van der Waals surface area contributed by atoms with E-state index in [0.29, 0.717) is 17.5 Å². The highest BCUT2D eigenvalue weighted by Crippen LogP contribution is 2.27. The smallest absolute Gasteiger partial charge is 0.124 e. The normalized spacial score (nSPS) is 22.0. The Kier molecular flexibility index (Phi) is 7.44. The number of aliphatic hydroxyl groups excluding tert-OH is 1. The summed E-state index contributed by atoms with van der Waals surface area (Å²) in [6.45, 7) is 5.73. The van der Waals surface area contributed by atoms with Crippen molar-refractivity contribution in [1.29, 1.82) is 0 Å². The molecule has 0 aromatic heterocycles. The van der Waals surface area contributed by atoms with E-state index in [1.54, 1.807) is 6.07 Å². The molecule has 1 saturated heterocycles.